The number of methoxy groups -OCH3 is 1. The molecule has 0 aromatic heterocycles. The van der Waals surface area contributed by atoms with E-state index in [2.05, 4.69) is 16.3 Å². The summed E-state index contributed by atoms with van der Waals surface area (Å²) in [4.78, 5) is 2.41. The van der Waals surface area contributed by atoms with Crippen LogP contribution in [0.1, 0.15) is 12.0 Å². The van der Waals surface area contributed by atoms with Crippen LogP contribution in [0, 0.1) is 0 Å². The molecule has 1 aliphatic rings. The van der Waals surface area contributed by atoms with Gasteiger partial charge in [-0.1, -0.05) is 24.3 Å². The van der Waals surface area contributed by atoms with Crippen LogP contribution in [0.2, 0.25) is 0 Å². The Balaban J connectivity index is 1.42. The van der Waals surface area contributed by atoms with E-state index in [-0.39, 0.29) is 6.61 Å². The van der Waals surface area contributed by atoms with Crippen LogP contribution in [0.4, 0.5) is 5.69 Å². The molecule has 0 bridgehead atoms. The first-order valence-corrected chi connectivity index (χ1v) is 8.73. The predicted molar refractivity (Wildman–Crippen MR) is 99.3 cm³/mol. The fourth-order valence-electron chi connectivity index (χ4n) is 3.12. The number of anilines is 1. The number of para-hydroxylation sites is 2. The Bertz CT molecular complexity index is 660. The Hall–Kier alpha value is -2.24. The molecule has 1 unspecified atom stereocenters. The molecule has 0 spiro atoms. The molecule has 0 amide bonds. The summed E-state index contributed by atoms with van der Waals surface area (Å²) in [6, 6.07) is 16.1. The lowest BCUT2D eigenvalue weighted by atomic mass is 10.2. The van der Waals surface area contributed by atoms with E-state index in [0.29, 0.717) is 12.6 Å². The van der Waals surface area contributed by atoms with Gasteiger partial charge in [-0.15, -0.1) is 0 Å². The van der Waals surface area contributed by atoms with Crippen LogP contribution in [-0.4, -0.2) is 49.4 Å². The summed E-state index contributed by atoms with van der Waals surface area (Å²) in [6.07, 6.45) is 1.11. The average molecular weight is 342 g/mol. The largest absolute Gasteiger partial charge is 0.495 e. The molecule has 1 atom stereocenters. The summed E-state index contributed by atoms with van der Waals surface area (Å²) < 4.78 is 11.2. The minimum atomic E-state index is 0.0641. The first kappa shape index (κ1) is 17.6. The Morgan fingerprint density at radius 2 is 1.96 bits per heavy atom. The molecule has 1 heterocycles. The van der Waals surface area contributed by atoms with Crippen LogP contribution in [0.5, 0.6) is 11.5 Å². The van der Waals surface area contributed by atoms with Gasteiger partial charge < -0.3 is 19.9 Å². The van der Waals surface area contributed by atoms with Crippen LogP contribution in [0.25, 0.3) is 0 Å². The van der Waals surface area contributed by atoms with Crippen molar-refractivity contribution < 1.29 is 14.6 Å². The Morgan fingerprint density at radius 1 is 1.16 bits per heavy atom. The minimum absolute atomic E-state index is 0.0641. The van der Waals surface area contributed by atoms with E-state index in [1.165, 1.54) is 0 Å². The lowest BCUT2D eigenvalue weighted by Gasteiger charge is -2.18. The van der Waals surface area contributed by atoms with Gasteiger partial charge in [-0.2, -0.15) is 0 Å². The van der Waals surface area contributed by atoms with E-state index in [9.17, 15) is 0 Å². The second kappa shape index (κ2) is 8.74. The number of hydrogen-bond donors (Lipinski definition) is 2. The fourth-order valence-corrected chi connectivity index (χ4v) is 3.12. The molecule has 1 fully saturated rings. The maximum absolute atomic E-state index is 9.05. The number of benzene rings is 2. The summed E-state index contributed by atoms with van der Waals surface area (Å²) in [5.74, 6) is 1.73. The zero-order valence-corrected chi connectivity index (χ0v) is 14.6. The molecule has 1 saturated heterocycles. The van der Waals surface area contributed by atoms with E-state index in [1.54, 1.807) is 7.11 Å². The quantitative estimate of drug-likeness (QED) is 0.773. The van der Waals surface area contributed by atoms with Crippen LogP contribution >= 0.6 is 0 Å². The topological polar surface area (TPSA) is 54.0 Å². The number of likely N-dealkylation sites (tertiary alicyclic amines) is 1. The summed E-state index contributed by atoms with van der Waals surface area (Å²) >= 11 is 0. The first-order valence-electron chi connectivity index (χ1n) is 8.73. The molecule has 3 rings (SSSR count). The van der Waals surface area contributed by atoms with Crippen molar-refractivity contribution in [2.75, 3.05) is 38.7 Å². The summed E-state index contributed by atoms with van der Waals surface area (Å²) in [6.45, 7) is 3.71. The van der Waals surface area contributed by atoms with Crippen molar-refractivity contribution in [1.82, 2.24) is 4.90 Å². The molecule has 5 nitrogen and oxygen atoms in total. The zero-order chi connectivity index (χ0) is 17.5. The van der Waals surface area contributed by atoms with Crippen LogP contribution in [0.15, 0.2) is 48.5 Å². The van der Waals surface area contributed by atoms with Gasteiger partial charge in [0.15, 0.2) is 0 Å². The molecule has 2 aromatic rings. The summed E-state index contributed by atoms with van der Waals surface area (Å²) in [5, 5.41) is 12.6. The maximum Gasteiger partial charge on any atom is 0.141 e. The number of ether oxygens (including phenoxy) is 2. The highest BCUT2D eigenvalue weighted by Gasteiger charge is 2.22. The number of nitrogens with zero attached hydrogens (tertiary/aromatic N) is 1. The molecule has 0 saturated carbocycles. The van der Waals surface area contributed by atoms with Gasteiger partial charge in [-0.05, 0) is 36.2 Å². The van der Waals surface area contributed by atoms with Crippen LogP contribution < -0.4 is 14.8 Å². The molecular weight excluding hydrogens is 316 g/mol. The molecule has 134 valence electrons. The van der Waals surface area contributed by atoms with Crippen LogP contribution in [0.3, 0.4) is 0 Å². The Morgan fingerprint density at radius 3 is 2.72 bits per heavy atom. The van der Waals surface area contributed by atoms with Crippen molar-refractivity contribution in [2.24, 2.45) is 0 Å². The first-order chi connectivity index (χ1) is 12.3. The molecule has 0 radical (unpaired) electrons. The summed E-state index contributed by atoms with van der Waals surface area (Å²) in [5.41, 5.74) is 1.95. The molecule has 5 heteroatoms. The van der Waals surface area contributed by atoms with Gasteiger partial charge in [0, 0.05) is 25.7 Å². The predicted octanol–water partition coefficient (Wildman–Crippen LogP) is 2.75. The van der Waals surface area contributed by atoms with Gasteiger partial charge in [0.2, 0.25) is 0 Å². The number of rotatable bonds is 8. The van der Waals surface area contributed by atoms with Crippen molar-refractivity contribution in [2.45, 2.75) is 19.1 Å². The molecule has 2 N–H and O–H groups in total. The Labute approximate surface area is 149 Å². The minimum Gasteiger partial charge on any atom is -0.495 e. The second-order valence-corrected chi connectivity index (χ2v) is 6.28. The van der Waals surface area contributed by atoms with E-state index in [0.717, 1.165) is 48.8 Å². The number of aliphatic hydroxyl groups excluding tert-OH is 1. The van der Waals surface area contributed by atoms with Gasteiger partial charge in [-0.25, -0.2) is 0 Å². The van der Waals surface area contributed by atoms with E-state index in [4.69, 9.17) is 14.6 Å². The highest BCUT2D eigenvalue weighted by molar-refractivity contribution is 5.56. The number of aliphatic hydroxyl groups is 1. The molecule has 0 aliphatic carbocycles. The second-order valence-electron chi connectivity index (χ2n) is 6.28. The van der Waals surface area contributed by atoms with Gasteiger partial charge in [0.1, 0.15) is 18.1 Å². The van der Waals surface area contributed by atoms with Crippen LogP contribution in [-0.2, 0) is 6.61 Å². The number of hydrogen-bond acceptors (Lipinski definition) is 5. The normalized spacial score (nSPS) is 17.4. The average Bonchev–Trinajstić information content (AvgIpc) is 3.10. The summed E-state index contributed by atoms with van der Waals surface area (Å²) in [7, 11) is 1.70. The third-order valence-electron chi connectivity index (χ3n) is 4.52. The van der Waals surface area contributed by atoms with E-state index in [1.807, 2.05) is 42.5 Å². The molecule has 1 aliphatic heterocycles. The van der Waals surface area contributed by atoms with E-state index < -0.39 is 0 Å². The fraction of sp³-hybridized carbons (Fsp3) is 0.400. The lowest BCUT2D eigenvalue weighted by Crippen LogP contribution is -2.29. The third-order valence-corrected chi connectivity index (χ3v) is 4.52. The van der Waals surface area contributed by atoms with Crippen molar-refractivity contribution in [1.29, 1.82) is 0 Å². The van der Waals surface area contributed by atoms with E-state index >= 15 is 0 Å². The molecular formula is C20H26N2O3. The molecule has 25 heavy (non-hydrogen) atoms. The van der Waals surface area contributed by atoms with Gasteiger partial charge in [0.25, 0.3) is 0 Å². The van der Waals surface area contributed by atoms with Gasteiger partial charge in [0.05, 0.1) is 19.4 Å². The maximum atomic E-state index is 9.05. The van der Waals surface area contributed by atoms with Gasteiger partial charge in [-0.3, -0.25) is 4.90 Å². The highest BCUT2D eigenvalue weighted by atomic mass is 16.5. The molecule has 2 aromatic carbocycles. The smallest absolute Gasteiger partial charge is 0.141 e. The third kappa shape index (κ3) is 4.87. The standard InChI is InChI=1S/C20H26N2O3/c1-24-20-5-3-2-4-19(20)21-17-10-11-22(14-17)12-13-25-18-8-6-16(15-23)7-9-18/h2-9,17,21,23H,10-15H2,1H3. The lowest BCUT2D eigenvalue weighted by molar-refractivity contribution is 0.236. The SMILES string of the molecule is COc1ccccc1NC1CCN(CCOc2ccc(CO)cc2)C1. The monoisotopic (exact) mass is 342 g/mol. The van der Waals surface area contributed by atoms with Crippen molar-refractivity contribution in [3.8, 4) is 11.5 Å². The Kier molecular flexibility index (Phi) is 6.14. The van der Waals surface area contributed by atoms with Crippen molar-refractivity contribution >= 4 is 5.69 Å². The highest BCUT2D eigenvalue weighted by Crippen LogP contribution is 2.25. The van der Waals surface area contributed by atoms with Crippen molar-refractivity contribution in [3.05, 3.63) is 54.1 Å². The zero-order valence-electron chi connectivity index (χ0n) is 14.6. The van der Waals surface area contributed by atoms with Gasteiger partial charge >= 0.3 is 0 Å². The number of nitrogens with one attached hydrogen (secondary N) is 1. The van der Waals surface area contributed by atoms with Crippen molar-refractivity contribution in [3.63, 3.8) is 0 Å².